The van der Waals surface area contributed by atoms with Crippen molar-refractivity contribution in [3.8, 4) is 11.3 Å². The van der Waals surface area contributed by atoms with Gasteiger partial charge in [0.2, 0.25) is 10.0 Å². The SMILES string of the molecule is O=C(NO)c1cnc(N2CCN(S(=O)(=O)c3ccc(-c4cc(CN5CCCC5)co4)cc3)CC2)s1. The van der Waals surface area contributed by atoms with Gasteiger partial charge in [0, 0.05) is 43.9 Å². The van der Waals surface area contributed by atoms with E-state index >= 15 is 0 Å². The summed E-state index contributed by atoms with van der Waals surface area (Å²) >= 11 is 1.15. The van der Waals surface area contributed by atoms with Crippen LogP contribution in [0, 0.1) is 0 Å². The molecule has 5 rings (SSSR count). The number of furan rings is 1. The number of hydrogen-bond acceptors (Lipinski definition) is 9. The zero-order valence-corrected chi connectivity index (χ0v) is 20.7. The Morgan fingerprint density at radius 1 is 1.09 bits per heavy atom. The fourth-order valence-corrected chi connectivity index (χ4v) is 6.72. The first kappa shape index (κ1) is 23.9. The number of amides is 1. The molecule has 1 aromatic carbocycles. The van der Waals surface area contributed by atoms with Crippen LogP contribution >= 0.6 is 11.3 Å². The molecule has 0 saturated carbocycles. The number of piperazine rings is 1. The quantitative estimate of drug-likeness (QED) is 0.363. The van der Waals surface area contributed by atoms with Gasteiger partial charge in [-0.1, -0.05) is 11.3 Å². The number of carbonyl (C=O) groups is 1. The lowest BCUT2D eigenvalue weighted by atomic mass is 10.1. The minimum atomic E-state index is -3.63. The smallest absolute Gasteiger partial charge is 0.286 e. The fourth-order valence-electron chi connectivity index (χ4n) is 4.44. The lowest BCUT2D eigenvalue weighted by Gasteiger charge is -2.33. The second-order valence-corrected chi connectivity index (χ2v) is 11.6. The van der Waals surface area contributed by atoms with Crippen LogP contribution in [0.4, 0.5) is 5.13 Å². The Hall–Kier alpha value is -2.77. The number of hydrogen-bond donors (Lipinski definition) is 2. The Morgan fingerprint density at radius 2 is 1.80 bits per heavy atom. The number of carbonyl (C=O) groups excluding carboxylic acids is 1. The predicted molar refractivity (Wildman–Crippen MR) is 131 cm³/mol. The van der Waals surface area contributed by atoms with E-state index in [1.165, 1.54) is 23.3 Å². The fraction of sp³-hybridized carbons (Fsp3) is 0.391. The maximum absolute atomic E-state index is 13.2. The number of thiazole rings is 1. The molecule has 2 fully saturated rings. The highest BCUT2D eigenvalue weighted by molar-refractivity contribution is 7.89. The number of aromatic nitrogens is 1. The third kappa shape index (κ3) is 5.11. The standard InChI is InChI=1S/C23H27N5O5S2/c29-22(25-30)21-14-24-23(34-21)27-9-11-28(12-10-27)35(31,32)19-5-3-18(4-6-19)20-13-17(16-33-20)15-26-7-1-2-8-26/h3-6,13-14,16,30H,1-2,7-12,15H2,(H,25,29). The highest BCUT2D eigenvalue weighted by Crippen LogP contribution is 2.28. The molecule has 2 aromatic heterocycles. The molecule has 2 aliphatic rings. The molecule has 4 heterocycles. The molecule has 3 aromatic rings. The number of nitrogens with one attached hydrogen (secondary N) is 1. The largest absolute Gasteiger partial charge is 0.464 e. The lowest BCUT2D eigenvalue weighted by Crippen LogP contribution is -2.48. The number of hydroxylamine groups is 1. The van der Waals surface area contributed by atoms with Gasteiger partial charge < -0.3 is 9.32 Å². The van der Waals surface area contributed by atoms with Crippen molar-refractivity contribution >= 4 is 32.4 Å². The maximum atomic E-state index is 13.2. The van der Waals surface area contributed by atoms with Crippen molar-refractivity contribution in [1.29, 1.82) is 0 Å². The molecule has 10 nitrogen and oxygen atoms in total. The van der Waals surface area contributed by atoms with Gasteiger partial charge >= 0.3 is 0 Å². The predicted octanol–water partition coefficient (Wildman–Crippen LogP) is 2.63. The molecule has 0 spiro atoms. The van der Waals surface area contributed by atoms with E-state index in [1.807, 2.05) is 11.0 Å². The molecule has 0 radical (unpaired) electrons. The average Bonchev–Trinajstić information content (AvgIpc) is 3.66. The number of benzene rings is 1. The van der Waals surface area contributed by atoms with Gasteiger partial charge in [-0.3, -0.25) is 14.9 Å². The van der Waals surface area contributed by atoms with Crippen LogP contribution in [0.15, 0.2) is 52.1 Å². The van der Waals surface area contributed by atoms with Crippen molar-refractivity contribution in [2.75, 3.05) is 44.2 Å². The molecule has 2 saturated heterocycles. The molecule has 0 atom stereocenters. The van der Waals surface area contributed by atoms with Crippen LogP contribution in [-0.4, -0.2) is 73.0 Å². The van der Waals surface area contributed by atoms with E-state index in [9.17, 15) is 13.2 Å². The third-order valence-electron chi connectivity index (χ3n) is 6.36. The number of likely N-dealkylation sites (tertiary alicyclic amines) is 1. The summed E-state index contributed by atoms with van der Waals surface area (Å²) in [5, 5.41) is 9.38. The summed E-state index contributed by atoms with van der Waals surface area (Å²) in [6.07, 6.45) is 5.65. The van der Waals surface area contributed by atoms with Gasteiger partial charge in [0.25, 0.3) is 5.91 Å². The molecule has 0 bridgehead atoms. The summed E-state index contributed by atoms with van der Waals surface area (Å²) in [5.41, 5.74) is 3.56. The van der Waals surface area contributed by atoms with Crippen LogP contribution < -0.4 is 10.4 Å². The Balaban J connectivity index is 1.21. The molecule has 2 N–H and O–H groups in total. The van der Waals surface area contributed by atoms with Crippen molar-refractivity contribution in [3.05, 3.63) is 53.2 Å². The van der Waals surface area contributed by atoms with Gasteiger partial charge in [-0.05, 0) is 56.3 Å². The maximum Gasteiger partial charge on any atom is 0.286 e. The number of rotatable bonds is 7. The first-order valence-electron chi connectivity index (χ1n) is 11.5. The first-order valence-corrected chi connectivity index (χ1v) is 13.8. The summed E-state index contributed by atoms with van der Waals surface area (Å²) < 4.78 is 33.6. The monoisotopic (exact) mass is 517 g/mol. The third-order valence-corrected chi connectivity index (χ3v) is 9.33. The first-order chi connectivity index (χ1) is 16.9. The summed E-state index contributed by atoms with van der Waals surface area (Å²) in [5.74, 6) is 0.116. The molecule has 2 aliphatic heterocycles. The topological polar surface area (TPSA) is 119 Å². The summed E-state index contributed by atoms with van der Waals surface area (Å²) in [4.78, 5) is 20.6. The van der Waals surface area contributed by atoms with Crippen LogP contribution in [0.1, 0.15) is 28.1 Å². The second kappa shape index (κ2) is 10.1. The molecule has 0 aliphatic carbocycles. The molecule has 0 unspecified atom stereocenters. The molecule has 1 amide bonds. The van der Waals surface area contributed by atoms with Gasteiger partial charge in [0.05, 0.1) is 17.4 Å². The normalized spacial score (nSPS) is 17.7. The van der Waals surface area contributed by atoms with Gasteiger partial charge in [0.1, 0.15) is 10.6 Å². The molecule has 186 valence electrons. The van der Waals surface area contributed by atoms with Gasteiger partial charge in [0.15, 0.2) is 5.13 Å². The number of anilines is 1. The minimum absolute atomic E-state index is 0.245. The highest BCUT2D eigenvalue weighted by atomic mass is 32.2. The Labute approximate surface area is 207 Å². The summed E-state index contributed by atoms with van der Waals surface area (Å²) in [6.45, 7) is 4.64. The van der Waals surface area contributed by atoms with Crippen molar-refractivity contribution in [2.45, 2.75) is 24.3 Å². The zero-order chi connectivity index (χ0) is 24.4. The summed E-state index contributed by atoms with van der Waals surface area (Å²) in [7, 11) is -3.63. The molecule has 12 heteroatoms. The van der Waals surface area contributed by atoms with Crippen molar-refractivity contribution in [1.82, 2.24) is 19.7 Å². The zero-order valence-electron chi connectivity index (χ0n) is 19.1. The van der Waals surface area contributed by atoms with Gasteiger partial charge in [-0.2, -0.15) is 4.31 Å². The lowest BCUT2D eigenvalue weighted by molar-refractivity contribution is 0.0710. The Kier molecular flexibility index (Phi) is 6.89. The van der Waals surface area contributed by atoms with Crippen molar-refractivity contribution in [3.63, 3.8) is 0 Å². The van der Waals surface area contributed by atoms with E-state index in [1.54, 1.807) is 36.0 Å². The van der Waals surface area contributed by atoms with E-state index in [0.29, 0.717) is 31.3 Å². The van der Waals surface area contributed by atoms with E-state index in [-0.39, 0.29) is 9.77 Å². The average molecular weight is 518 g/mol. The second-order valence-electron chi connectivity index (χ2n) is 8.67. The highest BCUT2D eigenvalue weighted by Gasteiger charge is 2.29. The van der Waals surface area contributed by atoms with E-state index in [0.717, 1.165) is 47.9 Å². The van der Waals surface area contributed by atoms with Gasteiger partial charge in [-0.15, -0.1) is 0 Å². The van der Waals surface area contributed by atoms with Crippen LogP contribution in [0.3, 0.4) is 0 Å². The molecular weight excluding hydrogens is 490 g/mol. The Morgan fingerprint density at radius 3 is 2.49 bits per heavy atom. The van der Waals surface area contributed by atoms with E-state index in [4.69, 9.17) is 9.62 Å². The number of nitrogens with zero attached hydrogens (tertiary/aromatic N) is 4. The van der Waals surface area contributed by atoms with Crippen LogP contribution in [0.25, 0.3) is 11.3 Å². The van der Waals surface area contributed by atoms with E-state index in [2.05, 4.69) is 9.88 Å². The van der Waals surface area contributed by atoms with Crippen molar-refractivity contribution < 1.29 is 22.8 Å². The Bertz CT molecular complexity index is 1270. The van der Waals surface area contributed by atoms with E-state index < -0.39 is 15.9 Å². The minimum Gasteiger partial charge on any atom is -0.464 e. The number of sulfonamides is 1. The molecular formula is C23H27N5O5S2. The van der Waals surface area contributed by atoms with Crippen molar-refractivity contribution in [2.24, 2.45) is 0 Å². The van der Waals surface area contributed by atoms with Gasteiger partial charge in [-0.25, -0.2) is 18.9 Å². The van der Waals surface area contributed by atoms with Crippen LogP contribution in [-0.2, 0) is 16.6 Å². The van der Waals surface area contributed by atoms with Crippen LogP contribution in [0.2, 0.25) is 0 Å². The molecule has 35 heavy (non-hydrogen) atoms. The summed E-state index contributed by atoms with van der Waals surface area (Å²) in [6, 6.07) is 8.84. The van der Waals surface area contributed by atoms with Crippen LogP contribution in [0.5, 0.6) is 0 Å².